The fraction of sp³-hybridized carbons (Fsp3) is 1.00. The van der Waals surface area contributed by atoms with Gasteiger partial charge in [0, 0.05) is 32.2 Å². The van der Waals surface area contributed by atoms with Crippen LogP contribution in [0.5, 0.6) is 0 Å². The molecule has 5 nitrogen and oxygen atoms in total. The lowest BCUT2D eigenvalue weighted by atomic mass is 10.4. The summed E-state index contributed by atoms with van der Waals surface area (Å²) in [5, 5.41) is 0. The van der Waals surface area contributed by atoms with Crippen molar-refractivity contribution in [3.8, 4) is 0 Å². The van der Waals surface area contributed by atoms with Crippen LogP contribution in [-0.4, -0.2) is 63.9 Å². The maximum absolute atomic E-state index is 12.2. The van der Waals surface area contributed by atoms with E-state index in [1.54, 1.807) is 0 Å². The SMILES string of the molecule is CCOCCN(CCOCC)S(=O)(=O)CCCCCl. The molecule has 0 aliphatic heterocycles. The van der Waals surface area contributed by atoms with E-state index in [4.69, 9.17) is 21.1 Å². The van der Waals surface area contributed by atoms with Crippen LogP contribution in [0.4, 0.5) is 0 Å². The Morgan fingerprint density at radius 2 is 1.53 bits per heavy atom. The lowest BCUT2D eigenvalue weighted by Gasteiger charge is -2.22. The van der Waals surface area contributed by atoms with E-state index in [1.807, 2.05) is 13.8 Å². The average Bonchev–Trinajstić information content (AvgIpc) is 2.37. The Morgan fingerprint density at radius 3 is 1.95 bits per heavy atom. The third-order valence-electron chi connectivity index (χ3n) is 2.56. The highest BCUT2D eigenvalue weighted by atomic mass is 35.5. The number of sulfonamides is 1. The molecule has 0 aliphatic rings. The second-order valence-corrected chi connectivity index (χ2v) is 6.47. The highest BCUT2D eigenvalue weighted by Gasteiger charge is 2.20. The number of rotatable bonds is 13. The van der Waals surface area contributed by atoms with E-state index in [-0.39, 0.29) is 5.75 Å². The minimum Gasteiger partial charge on any atom is -0.380 e. The third-order valence-corrected chi connectivity index (χ3v) is 4.78. The lowest BCUT2D eigenvalue weighted by molar-refractivity contribution is 0.110. The highest BCUT2D eigenvalue weighted by molar-refractivity contribution is 7.89. The van der Waals surface area contributed by atoms with Crippen molar-refractivity contribution < 1.29 is 17.9 Å². The van der Waals surface area contributed by atoms with E-state index in [0.29, 0.717) is 58.2 Å². The summed E-state index contributed by atoms with van der Waals surface area (Å²) in [5.74, 6) is 0.630. The van der Waals surface area contributed by atoms with E-state index in [2.05, 4.69) is 0 Å². The van der Waals surface area contributed by atoms with Gasteiger partial charge in [-0.2, -0.15) is 4.31 Å². The molecule has 0 spiro atoms. The standard InChI is InChI=1S/C12H26ClNO4S/c1-3-17-10-8-14(9-11-18-4-2)19(15,16)12-6-5-7-13/h3-12H2,1-2H3. The monoisotopic (exact) mass is 315 g/mol. The maximum Gasteiger partial charge on any atom is 0.214 e. The van der Waals surface area contributed by atoms with E-state index in [9.17, 15) is 8.42 Å². The topological polar surface area (TPSA) is 55.8 Å². The number of halogens is 1. The molecule has 0 N–H and O–H groups in total. The van der Waals surface area contributed by atoms with Crippen molar-refractivity contribution >= 4 is 21.6 Å². The fourth-order valence-electron chi connectivity index (χ4n) is 1.52. The van der Waals surface area contributed by atoms with Gasteiger partial charge in [-0.3, -0.25) is 0 Å². The molecule has 0 bridgehead atoms. The van der Waals surface area contributed by atoms with Crippen molar-refractivity contribution in [2.75, 3.05) is 51.1 Å². The van der Waals surface area contributed by atoms with Gasteiger partial charge in [-0.15, -0.1) is 11.6 Å². The van der Waals surface area contributed by atoms with E-state index >= 15 is 0 Å². The molecule has 0 aromatic carbocycles. The summed E-state index contributed by atoms with van der Waals surface area (Å²) in [6, 6.07) is 0. The summed E-state index contributed by atoms with van der Waals surface area (Å²) in [6.07, 6.45) is 1.30. The molecular weight excluding hydrogens is 290 g/mol. The van der Waals surface area contributed by atoms with Gasteiger partial charge in [-0.05, 0) is 26.7 Å². The molecule has 0 aromatic heterocycles. The molecule has 19 heavy (non-hydrogen) atoms. The van der Waals surface area contributed by atoms with Gasteiger partial charge in [0.05, 0.1) is 19.0 Å². The molecular formula is C12H26ClNO4S. The van der Waals surface area contributed by atoms with Crippen molar-refractivity contribution in [2.24, 2.45) is 0 Å². The Bertz CT molecular complexity index is 288. The van der Waals surface area contributed by atoms with Crippen molar-refractivity contribution in [1.82, 2.24) is 4.31 Å². The van der Waals surface area contributed by atoms with E-state index < -0.39 is 10.0 Å². The molecule has 0 amide bonds. The number of ether oxygens (including phenoxy) is 2. The predicted octanol–water partition coefficient (Wildman–Crippen LogP) is 1.71. The summed E-state index contributed by atoms with van der Waals surface area (Å²) in [4.78, 5) is 0. The second kappa shape index (κ2) is 11.9. The van der Waals surface area contributed by atoms with Crippen molar-refractivity contribution in [2.45, 2.75) is 26.7 Å². The highest BCUT2D eigenvalue weighted by Crippen LogP contribution is 2.06. The maximum atomic E-state index is 12.2. The first kappa shape index (κ1) is 19.1. The summed E-state index contributed by atoms with van der Waals surface area (Å²) in [5.41, 5.74) is 0. The summed E-state index contributed by atoms with van der Waals surface area (Å²) >= 11 is 5.57. The van der Waals surface area contributed by atoms with Crippen LogP contribution in [0.2, 0.25) is 0 Å². The third kappa shape index (κ3) is 9.62. The van der Waals surface area contributed by atoms with Crippen LogP contribution in [0.1, 0.15) is 26.7 Å². The van der Waals surface area contributed by atoms with Crippen LogP contribution >= 0.6 is 11.6 Å². The zero-order chi connectivity index (χ0) is 14.6. The summed E-state index contributed by atoms with van der Waals surface area (Å²) in [6.45, 7) is 6.54. The Labute approximate surface area is 122 Å². The van der Waals surface area contributed by atoms with E-state index in [0.717, 1.165) is 0 Å². The predicted molar refractivity (Wildman–Crippen MR) is 78.3 cm³/mol. The molecule has 0 radical (unpaired) electrons. The summed E-state index contributed by atoms with van der Waals surface area (Å²) in [7, 11) is -3.24. The molecule has 0 atom stereocenters. The molecule has 0 saturated carbocycles. The van der Waals surface area contributed by atoms with Crippen LogP contribution in [0.3, 0.4) is 0 Å². The Balaban J connectivity index is 4.32. The van der Waals surface area contributed by atoms with Gasteiger partial charge in [0.1, 0.15) is 0 Å². The van der Waals surface area contributed by atoms with Gasteiger partial charge in [0.25, 0.3) is 0 Å². The first-order valence-electron chi connectivity index (χ1n) is 6.77. The van der Waals surface area contributed by atoms with E-state index in [1.165, 1.54) is 4.31 Å². The van der Waals surface area contributed by atoms with Crippen molar-refractivity contribution in [3.63, 3.8) is 0 Å². The van der Waals surface area contributed by atoms with Gasteiger partial charge >= 0.3 is 0 Å². The number of hydrogen-bond acceptors (Lipinski definition) is 4. The van der Waals surface area contributed by atoms with Crippen LogP contribution < -0.4 is 0 Å². The normalized spacial score (nSPS) is 12.2. The quantitative estimate of drug-likeness (QED) is 0.383. The molecule has 0 heterocycles. The molecule has 0 fully saturated rings. The first-order valence-corrected chi connectivity index (χ1v) is 8.92. The minimum absolute atomic E-state index is 0.137. The number of nitrogens with zero attached hydrogens (tertiary/aromatic N) is 1. The van der Waals surface area contributed by atoms with Crippen LogP contribution in [0, 0.1) is 0 Å². The van der Waals surface area contributed by atoms with Gasteiger partial charge in [0.15, 0.2) is 0 Å². The molecule has 0 saturated heterocycles. The van der Waals surface area contributed by atoms with Gasteiger partial charge in [-0.1, -0.05) is 0 Å². The fourth-order valence-corrected chi connectivity index (χ4v) is 3.24. The zero-order valence-corrected chi connectivity index (χ0v) is 13.5. The zero-order valence-electron chi connectivity index (χ0n) is 11.9. The van der Waals surface area contributed by atoms with Gasteiger partial charge < -0.3 is 9.47 Å². The van der Waals surface area contributed by atoms with Gasteiger partial charge in [0.2, 0.25) is 10.0 Å². The second-order valence-electron chi connectivity index (χ2n) is 4.00. The van der Waals surface area contributed by atoms with Crippen LogP contribution in [-0.2, 0) is 19.5 Å². The van der Waals surface area contributed by atoms with Crippen molar-refractivity contribution in [3.05, 3.63) is 0 Å². The lowest BCUT2D eigenvalue weighted by Crippen LogP contribution is -2.38. The Morgan fingerprint density at radius 1 is 1.00 bits per heavy atom. The minimum atomic E-state index is -3.24. The molecule has 0 unspecified atom stereocenters. The number of hydrogen-bond donors (Lipinski definition) is 0. The Hall–Kier alpha value is 0.120. The first-order chi connectivity index (χ1) is 9.08. The molecule has 0 rings (SSSR count). The van der Waals surface area contributed by atoms with Gasteiger partial charge in [-0.25, -0.2) is 8.42 Å². The molecule has 0 aromatic rings. The molecule has 7 heteroatoms. The largest absolute Gasteiger partial charge is 0.380 e. The number of unbranched alkanes of at least 4 members (excludes halogenated alkanes) is 1. The average molecular weight is 316 g/mol. The van der Waals surface area contributed by atoms with Crippen LogP contribution in [0.15, 0.2) is 0 Å². The Kier molecular flexibility index (Phi) is 12.0. The van der Waals surface area contributed by atoms with Crippen LogP contribution in [0.25, 0.3) is 0 Å². The molecule has 0 aliphatic carbocycles. The van der Waals surface area contributed by atoms with Crippen molar-refractivity contribution in [1.29, 1.82) is 0 Å². The summed E-state index contributed by atoms with van der Waals surface area (Å²) < 4.78 is 36.2. The number of alkyl halides is 1. The smallest absolute Gasteiger partial charge is 0.214 e. The molecule has 116 valence electrons.